The molecule has 1 aromatic rings. The molecule has 1 N–H and O–H groups in total. The van der Waals surface area contributed by atoms with E-state index in [1.807, 2.05) is 19.0 Å². The van der Waals surface area contributed by atoms with Gasteiger partial charge in [-0.05, 0) is 25.7 Å². The lowest BCUT2D eigenvalue weighted by molar-refractivity contribution is -0.125. The molecule has 132 valence electrons. The van der Waals surface area contributed by atoms with Crippen molar-refractivity contribution in [3.05, 3.63) is 5.82 Å². The van der Waals surface area contributed by atoms with Gasteiger partial charge >= 0.3 is 0 Å². The smallest absolute Gasteiger partial charge is 0.230 e. The van der Waals surface area contributed by atoms with Crippen LogP contribution in [0.5, 0.6) is 0 Å². The average molecular weight is 334 g/mol. The Hall–Kier alpha value is -1.96. The van der Waals surface area contributed by atoms with Crippen molar-refractivity contribution in [1.29, 1.82) is 0 Å². The number of rotatable bonds is 5. The Morgan fingerprint density at radius 3 is 2.71 bits per heavy atom. The van der Waals surface area contributed by atoms with Crippen LogP contribution < -0.4 is 15.1 Å². The fourth-order valence-electron chi connectivity index (χ4n) is 2.96. The van der Waals surface area contributed by atoms with Crippen molar-refractivity contribution in [2.45, 2.75) is 32.2 Å². The molecular weight excluding hydrogens is 308 g/mol. The fraction of sp³-hybridized carbons (Fsp3) is 0.750. The third-order valence-corrected chi connectivity index (χ3v) is 4.42. The zero-order valence-electron chi connectivity index (χ0n) is 14.5. The summed E-state index contributed by atoms with van der Waals surface area (Å²) in [5, 5.41) is 2.93. The van der Waals surface area contributed by atoms with Crippen LogP contribution in [0, 0.1) is 5.92 Å². The number of piperidine rings is 1. The molecule has 0 bridgehead atoms. The number of carbonyl (C=O) groups excluding carboxylic acids is 1. The van der Waals surface area contributed by atoms with Gasteiger partial charge in [-0.3, -0.25) is 4.79 Å². The van der Waals surface area contributed by atoms with Crippen LogP contribution in [0.1, 0.15) is 31.5 Å². The van der Waals surface area contributed by atoms with E-state index >= 15 is 0 Å². The van der Waals surface area contributed by atoms with E-state index in [2.05, 4.69) is 25.2 Å². The lowest BCUT2D eigenvalue weighted by atomic mass is 10.1. The molecule has 2 aliphatic heterocycles. The van der Waals surface area contributed by atoms with Crippen molar-refractivity contribution in [2.24, 2.45) is 5.92 Å². The summed E-state index contributed by atoms with van der Waals surface area (Å²) in [5.74, 6) is 1.89. The Balaban J connectivity index is 1.70. The van der Waals surface area contributed by atoms with Crippen molar-refractivity contribution < 1.29 is 9.53 Å². The molecule has 8 heteroatoms. The summed E-state index contributed by atoms with van der Waals surface area (Å²) in [5.41, 5.74) is 0. The SMILES string of the molecule is CN(C)c1nc(CNC(=O)C2CCOC2)nc(N2CCCCC2)n1. The highest BCUT2D eigenvalue weighted by atomic mass is 16.5. The molecule has 0 saturated carbocycles. The fourth-order valence-corrected chi connectivity index (χ4v) is 2.96. The zero-order chi connectivity index (χ0) is 16.9. The number of hydrogen-bond acceptors (Lipinski definition) is 7. The van der Waals surface area contributed by atoms with Crippen molar-refractivity contribution in [2.75, 3.05) is 50.2 Å². The lowest BCUT2D eigenvalue weighted by Crippen LogP contribution is -2.34. The van der Waals surface area contributed by atoms with Gasteiger partial charge in [0.2, 0.25) is 17.8 Å². The quantitative estimate of drug-likeness (QED) is 0.843. The molecule has 0 aliphatic carbocycles. The van der Waals surface area contributed by atoms with Gasteiger partial charge in [-0.25, -0.2) is 0 Å². The molecule has 3 heterocycles. The van der Waals surface area contributed by atoms with Crippen LogP contribution >= 0.6 is 0 Å². The van der Waals surface area contributed by atoms with E-state index in [4.69, 9.17) is 4.74 Å². The molecule has 0 spiro atoms. The standard InChI is InChI=1S/C16H26N6O2/c1-21(2)15-18-13(10-17-14(23)12-6-9-24-11-12)19-16(20-15)22-7-4-3-5-8-22/h12H,3-11H2,1-2H3,(H,17,23). The first-order chi connectivity index (χ1) is 11.6. The number of ether oxygens (including phenoxy) is 1. The topological polar surface area (TPSA) is 83.5 Å². The summed E-state index contributed by atoms with van der Waals surface area (Å²) in [6.07, 6.45) is 4.37. The van der Waals surface area contributed by atoms with Crippen LogP contribution in [0.4, 0.5) is 11.9 Å². The second-order valence-electron chi connectivity index (χ2n) is 6.57. The van der Waals surface area contributed by atoms with Crippen LogP contribution in [0.3, 0.4) is 0 Å². The molecule has 1 unspecified atom stereocenters. The monoisotopic (exact) mass is 334 g/mol. The maximum Gasteiger partial charge on any atom is 0.230 e. The Bertz CT molecular complexity index is 568. The molecule has 2 aliphatic rings. The number of amides is 1. The third-order valence-electron chi connectivity index (χ3n) is 4.42. The molecule has 1 amide bonds. The van der Waals surface area contributed by atoms with Crippen LogP contribution in [-0.2, 0) is 16.1 Å². The second-order valence-corrected chi connectivity index (χ2v) is 6.57. The van der Waals surface area contributed by atoms with E-state index in [0.717, 1.165) is 32.4 Å². The highest BCUT2D eigenvalue weighted by Crippen LogP contribution is 2.18. The van der Waals surface area contributed by atoms with Crippen LogP contribution in [0.2, 0.25) is 0 Å². The summed E-state index contributed by atoms with van der Waals surface area (Å²) in [7, 11) is 3.82. The van der Waals surface area contributed by atoms with Crippen molar-refractivity contribution in [3.8, 4) is 0 Å². The number of aromatic nitrogens is 3. The highest BCUT2D eigenvalue weighted by Gasteiger charge is 2.24. The predicted octanol–water partition coefficient (Wildman–Crippen LogP) is 0.581. The predicted molar refractivity (Wildman–Crippen MR) is 91.0 cm³/mol. The lowest BCUT2D eigenvalue weighted by Gasteiger charge is -2.27. The minimum Gasteiger partial charge on any atom is -0.381 e. The molecule has 2 saturated heterocycles. The van der Waals surface area contributed by atoms with Gasteiger partial charge in [0.25, 0.3) is 0 Å². The van der Waals surface area contributed by atoms with Crippen molar-refractivity contribution in [1.82, 2.24) is 20.3 Å². The van der Waals surface area contributed by atoms with Gasteiger partial charge in [0, 0.05) is 33.8 Å². The molecule has 24 heavy (non-hydrogen) atoms. The first-order valence-electron chi connectivity index (χ1n) is 8.66. The van der Waals surface area contributed by atoms with Crippen LogP contribution in [-0.4, -0.2) is 61.3 Å². The molecule has 1 aromatic heterocycles. The zero-order valence-corrected chi connectivity index (χ0v) is 14.5. The van der Waals surface area contributed by atoms with Crippen molar-refractivity contribution >= 4 is 17.8 Å². The number of nitrogens with zero attached hydrogens (tertiary/aromatic N) is 5. The van der Waals surface area contributed by atoms with Gasteiger partial charge in [0.05, 0.1) is 19.1 Å². The van der Waals surface area contributed by atoms with Crippen LogP contribution in [0.25, 0.3) is 0 Å². The summed E-state index contributed by atoms with van der Waals surface area (Å²) in [4.78, 5) is 29.8. The van der Waals surface area contributed by atoms with Crippen molar-refractivity contribution in [3.63, 3.8) is 0 Å². The molecule has 1 atom stereocenters. The van der Waals surface area contributed by atoms with E-state index in [-0.39, 0.29) is 11.8 Å². The molecule has 0 radical (unpaired) electrons. The Kier molecular flexibility index (Phi) is 5.44. The van der Waals surface area contributed by atoms with Gasteiger partial charge in [0.15, 0.2) is 5.82 Å². The van der Waals surface area contributed by atoms with Gasteiger partial charge in [0.1, 0.15) is 0 Å². The van der Waals surface area contributed by atoms with Gasteiger partial charge < -0.3 is 19.9 Å². The number of carbonyl (C=O) groups is 1. The highest BCUT2D eigenvalue weighted by molar-refractivity contribution is 5.78. The summed E-state index contributed by atoms with van der Waals surface area (Å²) >= 11 is 0. The van der Waals surface area contributed by atoms with Gasteiger partial charge in [-0.15, -0.1) is 0 Å². The Labute approximate surface area is 142 Å². The minimum atomic E-state index is -0.0540. The summed E-state index contributed by atoms with van der Waals surface area (Å²) < 4.78 is 5.26. The first-order valence-corrected chi connectivity index (χ1v) is 8.66. The normalized spacial score (nSPS) is 20.9. The number of anilines is 2. The third kappa shape index (κ3) is 4.11. The first kappa shape index (κ1) is 16.9. The molecule has 2 fully saturated rings. The van der Waals surface area contributed by atoms with Gasteiger partial charge in [-0.2, -0.15) is 15.0 Å². The summed E-state index contributed by atoms with van der Waals surface area (Å²) in [6.45, 7) is 3.43. The minimum absolute atomic E-state index is 0.0128. The second kappa shape index (κ2) is 7.74. The van der Waals surface area contributed by atoms with Gasteiger partial charge in [-0.1, -0.05) is 0 Å². The van der Waals surface area contributed by atoms with E-state index in [9.17, 15) is 4.79 Å². The summed E-state index contributed by atoms with van der Waals surface area (Å²) in [6, 6.07) is 0. The van der Waals surface area contributed by atoms with Crippen LogP contribution in [0.15, 0.2) is 0 Å². The molecule has 8 nitrogen and oxygen atoms in total. The largest absolute Gasteiger partial charge is 0.381 e. The van der Waals surface area contributed by atoms with E-state index < -0.39 is 0 Å². The number of nitrogens with one attached hydrogen (secondary N) is 1. The number of hydrogen-bond donors (Lipinski definition) is 1. The molecule has 0 aromatic carbocycles. The maximum absolute atomic E-state index is 12.1. The van der Waals surface area contributed by atoms with E-state index in [1.165, 1.54) is 6.42 Å². The average Bonchev–Trinajstić information content (AvgIpc) is 3.15. The molecular formula is C16H26N6O2. The Morgan fingerprint density at radius 2 is 2.04 bits per heavy atom. The van der Waals surface area contributed by atoms with E-state index in [0.29, 0.717) is 37.5 Å². The maximum atomic E-state index is 12.1. The Morgan fingerprint density at radius 1 is 1.25 bits per heavy atom. The van der Waals surface area contributed by atoms with E-state index in [1.54, 1.807) is 0 Å². The molecule has 3 rings (SSSR count).